The molecule has 1 atom stereocenters. The van der Waals surface area contributed by atoms with Crippen molar-refractivity contribution in [3.8, 4) is 11.4 Å². The van der Waals surface area contributed by atoms with Crippen LogP contribution in [0.2, 0.25) is 0 Å². The second-order valence-electron chi connectivity index (χ2n) is 7.96. The number of methoxy groups -OCH3 is 1. The number of amides is 1. The van der Waals surface area contributed by atoms with E-state index in [9.17, 15) is 14.4 Å². The highest BCUT2D eigenvalue weighted by molar-refractivity contribution is 7.99. The molecule has 0 saturated carbocycles. The molecule has 178 valence electrons. The molecule has 8 heteroatoms. The molecule has 0 saturated heterocycles. The van der Waals surface area contributed by atoms with Crippen molar-refractivity contribution in [2.75, 3.05) is 12.9 Å². The summed E-state index contributed by atoms with van der Waals surface area (Å²) < 4.78 is 6.80. The van der Waals surface area contributed by atoms with E-state index in [4.69, 9.17) is 4.74 Å². The number of hydrogen-bond acceptors (Lipinski definition) is 6. The van der Waals surface area contributed by atoms with Crippen LogP contribution < -0.4 is 15.6 Å². The van der Waals surface area contributed by atoms with Crippen LogP contribution >= 0.6 is 11.8 Å². The highest BCUT2D eigenvalue weighted by Gasteiger charge is 2.19. The van der Waals surface area contributed by atoms with Crippen molar-refractivity contribution in [3.05, 3.63) is 94.8 Å². The summed E-state index contributed by atoms with van der Waals surface area (Å²) in [6.07, 6.45) is 0.412. The minimum absolute atomic E-state index is 0.00663. The van der Waals surface area contributed by atoms with Crippen LogP contribution in [0.5, 0.6) is 5.75 Å². The predicted octanol–water partition coefficient (Wildman–Crippen LogP) is 3.80. The Balaban J connectivity index is 1.60. The maximum absolute atomic E-state index is 13.4. The number of aromatic nitrogens is 2. The first-order chi connectivity index (χ1) is 17.0. The summed E-state index contributed by atoms with van der Waals surface area (Å²) in [5.41, 5.74) is 1.85. The van der Waals surface area contributed by atoms with Crippen LogP contribution in [-0.2, 0) is 16.0 Å². The van der Waals surface area contributed by atoms with Gasteiger partial charge in [-0.2, -0.15) is 0 Å². The molecule has 35 heavy (non-hydrogen) atoms. The molecule has 3 aromatic carbocycles. The number of ketones is 1. The standard InChI is InChI=1S/C27H25N3O4S/c1-18(31)24(15-19-9-4-3-5-10-19)28-25(32)17-35-27-29-23-14-7-6-13-22(23)26(33)30(27)20-11-8-12-21(16-20)34-2/h3-14,16,24H,15,17H2,1-2H3,(H,28,32). The summed E-state index contributed by atoms with van der Waals surface area (Å²) in [5, 5.41) is 3.67. The van der Waals surface area contributed by atoms with E-state index in [1.165, 1.54) is 11.5 Å². The van der Waals surface area contributed by atoms with Crippen LogP contribution in [0.25, 0.3) is 16.6 Å². The van der Waals surface area contributed by atoms with E-state index >= 15 is 0 Å². The van der Waals surface area contributed by atoms with Gasteiger partial charge in [-0.25, -0.2) is 4.98 Å². The zero-order valence-corrected chi connectivity index (χ0v) is 20.2. The molecule has 1 N–H and O–H groups in total. The summed E-state index contributed by atoms with van der Waals surface area (Å²) >= 11 is 1.14. The Labute approximate surface area is 207 Å². The van der Waals surface area contributed by atoms with Crippen LogP contribution in [0.1, 0.15) is 12.5 Å². The molecule has 7 nitrogen and oxygen atoms in total. The number of carbonyl (C=O) groups excluding carboxylic acids is 2. The van der Waals surface area contributed by atoms with Crippen molar-refractivity contribution in [2.24, 2.45) is 0 Å². The molecule has 0 fully saturated rings. The van der Waals surface area contributed by atoms with Gasteiger partial charge in [-0.05, 0) is 43.2 Å². The molecular weight excluding hydrogens is 462 g/mol. The maximum atomic E-state index is 13.4. The SMILES string of the molecule is COc1cccc(-n2c(SCC(=O)NC(Cc3ccccc3)C(C)=O)nc3ccccc3c2=O)c1. The van der Waals surface area contributed by atoms with Gasteiger partial charge in [0.15, 0.2) is 10.9 Å². The molecular formula is C27H25N3O4S. The van der Waals surface area contributed by atoms with Gasteiger partial charge in [0.1, 0.15) is 5.75 Å². The Hall–Kier alpha value is -3.91. The van der Waals surface area contributed by atoms with Crippen molar-refractivity contribution in [1.82, 2.24) is 14.9 Å². The van der Waals surface area contributed by atoms with Gasteiger partial charge in [0.25, 0.3) is 5.56 Å². The Morgan fingerprint density at radius 1 is 1.03 bits per heavy atom. The van der Waals surface area contributed by atoms with Gasteiger partial charge >= 0.3 is 0 Å². The van der Waals surface area contributed by atoms with Crippen molar-refractivity contribution < 1.29 is 14.3 Å². The first kappa shape index (κ1) is 24.2. The number of thioether (sulfide) groups is 1. The van der Waals surface area contributed by atoms with Gasteiger partial charge in [0, 0.05) is 6.07 Å². The summed E-state index contributed by atoms with van der Waals surface area (Å²) in [4.78, 5) is 43.0. The monoisotopic (exact) mass is 487 g/mol. The van der Waals surface area contributed by atoms with Gasteiger partial charge in [-0.3, -0.25) is 19.0 Å². The summed E-state index contributed by atoms with van der Waals surface area (Å²) in [7, 11) is 1.56. The second kappa shape index (κ2) is 11.0. The van der Waals surface area contributed by atoms with E-state index in [1.54, 1.807) is 49.6 Å². The average molecular weight is 488 g/mol. The van der Waals surface area contributed by atoms with Gasteiger partial charge in [-0.15, -0.1) is 0 Å². The van der Waals surface area contributed by atoms with Crippen LogP contribution in [-0.4, -0.2) is 40.1 Å². The number of rotatable bonds is 9. The molecule has 1 amide bonds. The number of benzene rings is 3. The first-order valence-electron chi connectivity index (χ1n) is 11.1. The number of nitrogens with zero attached hydrogens (tertiary/aromatic N) is 2. The fourth-order valence-electron chi connectivity index (χ4n) is 3.70. The number of carbonyl (C=O) groups is 2. The van der Waals surface area contributed by atoms with Crippen molar-refractivity contribution in [2.45, 2.75) is 24.5 Å². The Bertz CT molecular complexity index is 1420. The molecule has 0 spiro atoms. The summed E-state index contributed by atoms with van der Waals surface area (Å²) in [6, 6.07) is 23.1. The van der Waals surface area contributed by atoms with Crippen molar-refractivity contribution in [1.29, 1.82) is 0 Å². The first-order valence-corrected chi connectivity index (χ1v) is 12.1. The van der Waals surface area contributed by atoms with E-state index in [2.05, 4.69) is 10.3 Å². The molecule has 1 heterocycles. The van der Waals surface area contributed by atoms with Gasteiger partial charge < -0.3 is 10.1 Å². The lowest BCUT2D eigenvalue weighted by atomic mass is 10.0. The lowest BCUT2D eigenvalue weighted by Gasteiger charge is -2.17. The lowest BCUT2D eigenvalue weighted by Crippen LogP contribution is -2.42. The van der Waals surface area contributed by atoms with Crippen LogP contribution in [0.15, 0.2) is 88.8 Å². The average Bonchev–Trinajstić information content (AvgIpc) is 2.87. The minimum Gasteiger partial charge on any atom is -0.497 e. The van der Waals surface area contributed by atoms with Gasteiger partial charge in [0.05, 0.1) is 35.5 Å². The lowest BCUT2D eigenvalue weighted by molar-refractivity contribution is -0.125. The molecule has 1 aromatic heterocycles. The van der Waals surface area contributed by atoms with E-state index in [-0.39, 0.29) is 23.0 Å². The highest BCUT2D eigenvalue weighted by atomic mass is 32.2. The topological polar surface area (TPSA) is 90.3 Å². The molecule has 0 bridgehead atoms. The number of para-hydroxylation sites is 1. The second-order valence-corrected chi connectivity index (χ2v) is 8.91. The number of fused-ring (bicyclic) bond motifs is 1. The third-order valence-corrected chi connectivity index (χ3v) is 6.44. The molecule has 4 aromatic rings. The predicted molar refractivity (Wildman–Crippen MR) is 137 cm³/mol. The van der Waals surface area contributed by atoms with Gasteiger partial charge in [-0.1, -0.05) is 60.3 Å². The third kappa shape index (κ3) is 5.78. The zero-order chi connectivity index (χ0) is 24.8. The Morgan fingerprint density at radius 3 is 2.51 bits per heavy atom. The van der Waals surface area contributed by atoms with E-state index in [1.807, 2.05) is 36.4 Å². The number of nitrogens with one attached hydrogen (secondary N) is 1. The number of ether oxygens (including phenoxy) is 1. The Kier molecular flexibility index (Phi) is 7.62. The fourth-order valence-corrected chi connectivity index (χ4v) is 4.52. The summed E-state index contributed by atoms with van der Waals surface area (Å²) in [5.74, 6) is 0.157. The highest BCUT2D eigenvalue weighted by Crippen LogP contribution is 2.23. The number of Topliss-reactive ketones (excluding diaryl/α,β-unsaturated/α-hetero) is 1. The van der Waals surface area contributed by atoms with Crippen molar-refractivity contribution >= 4 is 34.4 Å². The quantitative estimate of drug-likeness (QED) is 0.285. The molecule has 0 aliphatic heterocycles. The fraction of sp³-hybridized carbons (Fsp3) is 0.185. The van der Waals surface area contributed by atoms with E-state index in [0.29, 0.717) is 33.9 Å². The molecule has 1 unspecified atom stereocenters. The zero-order valence-electron chi connectivity index (χ0n) is 19.4. The van der Waals surface area contributed by atoms with Gasteiger partial charge in [0.2, 0.25) is 5.91 Å². The number of hydrogen-bond donors (Lipinski definition) is 1. The van der Waals surface area contributed by atoms with Crippen molar-refractivity contribution in [3.63, 3.8) is 0 Å². The minimum atomic E-state index is -0.629. The normalized spacial score (nSPS) is 11.7. The third-order valence-electron chi connectivity index (χ3n) is 5.50. The molecule has 0 aliphatic rings. The largest absolute Gasteiger partial charge is 0.497 e. The smallest absolute Gasteiger partial charge is 0.266 e. The van der Waals surface area contributed by atoms with Crippen LogP contribution in [0.4, 0.5) is 0 Å². The van der Waals surface area contributed by atoms with Crippen LogP contribution in [0.3, 0.4) is 0 Å². The maximum Gasteiger partial charge on any atom is 0.266 e. The Morgan fingerprint density at radius 2 is 1.77 bits per heavy atom. The van der Waals surface area contributed by atoms with Crippen LogP contribution in [0, 0.1) is 0 Å². The van der Waals surface area contributed by atoms with E-state index < -0.39 is 6.04 Å². The molecule has 0 radical (unpaired) electrons. The molecule has 0 aliphatic carbocycles. The molecule has 4 rings (SSSR count). The summed E-state index contributed by atoms with van der Waals surface area (Å²) in [6.45, 7) is 1.46. The van der Waals surface area contributed by atoms with E-state index in [0.717, 1.165) is 17.3 Å².